The molecule has 0 saturated carbocycles. The highest BCUT2D eigenvalue weighted by atomic mass is 16.5. The summed E-state index contributed by atoms with van der Waals surface area (Å²) in [5.74, 6) is 2.68. The zero-order valence-electron chi connectivity index (χ0n) is 19.3. The number of nitrogens with zero attached hydrogens (tertiary/aromatic N) is 7. The Kier molecular flexibility index (Phi) is 5.37. The van der Waals surface area contributed by atoms with E-state index in [1.807, 2.05) is 30.8 Å². The molecule has 1 aliphatic rings. The first-order valence-corrected chi connectivity index (χ1v) is 11.0. The van der Waals surface area contributed by atoms with E-state index in [4.69, 9.17) is 9.72 Å². The number of aliphatic hydroxyl groups is 1. The molecule has 5 rings (SSSR count). The number of nitrogens with one attached hydrogen (secondary N) is 1. The summed E-state index contributed by atoms with van der Waals surface area (Å²) in [5, 5.41) is 18.3. The van der Waals surface area contributed by atoms with Crippen LogP contribution in [0, 0.1) is 13.8 Å². The van der Waals surface area contributed by atoms with Crippen LogP contribution in [-0.4, -0.2) is 60.7 Å². The van der Waals surface area contributed by atoms with Crippen molar-refractivity contribution >= 4 is 28.6 Å². The topological polar surface area (TPSA) is 106 Å². The summed E-state index contributed by atoms with van der Waals surface area (Å²) in [7, 11) is 3.54. The molecule has 0 radical (unpaired) electrons. The molecule has 1 fully saturated rings. The van der Waals surface area contributed by atoms with Crippen LogP contribution in [0.15, 0.2) is 30.9 Å². The standard InChI is InChI=1S/C23H28N8O2/c1-14-8-17(9-19(33-4)15(14)2)30-11-20(24-13-30)26-23-27-21-18(10-25-29(21)3)22(28-23)31-7-5-6-16(31)12-32/h8-11,13,16,32H,5-7,12H2,1-4H3,(H,26,27,28)/t16-/m0/s1. The van der Waals surface area contributed by atoms with Gasteiger partial charge in [0.25, 0.3) is 0 Å². The Morgan fingerprint density at radius 2 is 2.09 bits per heavy atom. The Bertz CT molecular complexity index is 1310. The maximum Gasteiger partial charge on any atom is 0.232 e. The van der Waals surface area contributed by atoms with Gasteiger partial charge >= 0.3 is 0 Å². The minimum atomic E-state index is 0.0510. The fourth-order valence-corrected chi connectivity index (χ4v) is 4.40. The van der Waals surface area contributed by atoms with E-state index in [0.717, 1.165) is 58.8 Å². The van der Waals surface area contributed by atoms with Gasteiger partial charge in [0.2, 0.25) is 5.95 Å². The van der Waals surface area contributed by atoms with Crippen molar-refractivity contribution in [2.75, 3.05) is 30.5 Å². The summed E-state index contributed by atoms with van der Waals surface area (Å²) in [5.41, 5.74) is 3.95. The van der Waals surface area contributed by atoms with E-state index in [0.29, 0.717) is 11.8 Å². The lowest BCUT2D eigenvalue weighted by Crippen LogP contribution is -2.33. The average molecular weight is 449 g/mol. The molecule has 0 aliphatic carbocycles. The molecule has 1 aromatic carbocycles. The average Bonchev–Trinajstić information content (AvgIpc) is 3.56. The number of aromatic nitrogens is 6. The minimum absolute atomic E-state index is 0.0510. The van der Waals surface area contributed by atoms with Crippen molar-refractivity contribution in [3.05, 3.63) is 42.0 Å². The van der Waals surface area contributed by atoms with Gasteiger partial charge in [0.05, 0.1) is 43.2 Å². The number of benzene rings is 1. The number of ether oxygens (including phenoxy) is 1. The van der Waals surface area contributed by atoms with Crippen molar-refractivity contribution in [3.63, 3.8) is 0 Å². The van der Waals surface area contributed by atoms with E-state index in [1.165, 1.54) is 0 Å². The van der Waals surface area contributed by atoms with Gasteiger partial charge in [-0.3, -0.25) is 4.68 Å². The van der Waals surface area contributed by atoms with Gasteiger partial charge in [-0.25, -0.2) is 4.98 Å². The summed E-state index contributed by atoms with van der Waals surface area (Å²) in [4.78, 5) is 16.1. The highest BCUT2D eigenvalue weighted by Gasteiger charge is 2.28. The van der Waals surface area contributed by atoms with Gasteiger partial charge in [-0.05, 0) is 43.9 Å². The molecule has 10 heteroatoms. The van der Waals surface area contributed by atoms with Gasteiger partial charge in [0.1, 0.15) is 17.9 Å². The van der Waals surface area contributed by atoms with E-state index in [2.05, 4.69) is 38.3 Å². The highest BCUT2D eigenvalue weighted by Crippen LogP contribution is 2.31. The number of hydrogen-bond acceptors (Lipinski definition) is 8. The molecule has 0 bridgehead atoms. The summed E-state index contributed by atoms with van der Waals surface area (Å²) in [6, 6.07) is 4.14. The maximum absolute atomic E-state index is 9.82. The third kappa shape index (κ3) is 3.76. The van der Waals surface area contributed by atoms with Crippen molar-refractivity contribution in [3.8, 4) is 11.4 Å². The fourth-order valence-electron chi connectivity index (χ4n) is 4.40. The van der Waals surface area contributed by atoms with Crippen molar-refractivity contribution in [2.24, 2.45) is 7.05 Å². The summed E-state index contributed by atoms with van der Waals surface area (Å²) in [6.45, 7) is 5.05. The van der Waals surface area contributed by atoms with E-state index < -0.39 is 0 Å². The largest absolute Gasteiger partial charge is 0.496 e. The molecule has 1 saturated heterocycles. The lowest BCUT2D eigenvalue weighted by molar-refractivity contribution is 0.266. The number of aryl methyl sites for hydroxylation is 2. The van der Waals surface area contributed by atoms with E-state index in [-0.39, 0.29) is 12.6 Å². The SMILES string of the molecule is COc1cc(-n2cnc(Nc3nc(N4CCC[C@H]4CO)c4cnn(C)c4n3)c2)cc(C)c1C. The molecule has 1 aliphatic heterocycles. The lowest BCUT2D eigenvalue weighted by atomic mass is 10.1. The number of imidazole rings is 1. The van der Waals surface area contributed by atoms with Crippen LogP contribution in [0.1, 0.15) is 24.0 Å². The maximum atomic E-state index is 9.82. The number of anilines is 3. The Labute approximate surface area is 191 Å². The molecule has 172 valence electrons. The highest BCUT2D eigenvalue weighted by molar-refractivity contribution is 5.88. The van der Waals surface area contributed by atoms with Crippen LogP contribution in [0.3, 0.4) is 0 Å². The van der Waals surface area contributed by atoms with Crippen LogP contribution in [0.4, 0.5) is 17.6 Å². The normalized spacial score (nSPS) is 16.0. The molecule has 4 heterocycles. The lowest BCUT2D eigenvalue weighted by Gasteiger charge is -2.24. The molecule has 0 amide bonds. The van der Waals surface area contributed by atoms with E-state index in [1.54, 1.807) is 24.3 Å². The summed E-state index contributed by atoms with van der Waals surface area (Å²) < 4.78 is 9.18. The predicted molar refractivity (Wildman–Crippen MR) is 127 cm³/mol. The number of fused-ring (bicyclic) bond motifs is 1. The molecule has 33 heavy (non-hydrogen) atoms. The molecule has 2 N–H and O–H groups in total. The Morgan fingerprint density at radius 3 is 2.88 bits per heavy atom. The summed E-state index contributed by atoms with van der Waals surface area (Å²) in [6.07, 6.45) is 7.38. The van der Waals surface area contributed by atoms with Gasteiger partial charge in [-0.15, -0.1) is 0 Å². The molecule has 0 unspecified atom stereocenters. The molecule has 4 aromatic rings. The predicted octanol–water partition coefficient (Wildman–Crippen LogP) is 2.88. The quantitative estimate of drug-likeness (QED) is 0.464. The number of methoxy groups -OCH3 is 1. The van der Waals surface area contributed by atoms with Crippen LogP contribution in [0.25, 0.3) is 16.7 Å². The van der Waals surface area contributed by atoms with Crippen LogP contribution in [-0.2, 0) is 7.05 Å². The fraction of sp³-hybridized carbons (Fsp3) is 0.391. The first-order chi connectivity index (χ1) is 16.0. The second kappa shape index (κ2) is 8.36. The van der Waals surface area contributed by atoms with Gasteiger partial charge in [0, 0.05) is 19.7 Å². The van der Waals surface area contributed by atoms with Gasteiger partial charge in [-0.2, -0.15) is 15.1 Å². The van der Waals surface area contributed by atoms with Crippen LogP contribution in [0.2, 0.25) is 0 Å². The second-order valence-electron chi connectivity index (χ2n) is 8.43. The van der Waals surface area contributed by atoms with Crippen LogP contribution in [0.5, 0.6) is 5.75 Å². The van der Waals surface area contributed by atoms with Crippen molar-refractivity contribution < 1.29 is 9.84 Å². The van der Waals surface area contributed by atoms with Crippen molar-refractivity contribution in [1.82, 2.24) is 29.3 Å². The summed E-state index contributed by atoms with van der Waals surface area (Å²) >= 11 is 0. The Hall–Kier alpha value is -3.66. The van der Waals surface area contributed by atoms with Crippen molar-refractivity contribution in [2.45, 2.75) is 32.7 Å². The Morgan fingerprint density at radius 1 is 1.24 bits per heavy atom. The van der Waals surface area contributed by atoms with E-state index >= 15 is 0 Å². The molecule has 3 aromatic heterocycles. The molecular formula is C23H28N8O2. The zero-order chi connectivity index (χ0) is 23.1. The van der Waals surface area contributed by atoms with Gasteiger partial charge < -0.3 is 24.6 Å². The smallest absolute Gasteiger partial charge is 0.232 e. The van der Waals surface area contributed by atoms with Crippen molar-refractivity contribution in [1.29, 1.82) is 0 Å². The number of rotatable bonds is 6. The third-order valence-electron chi connectivity index (χ3n) is 6.38. The van der Waals surface area contributed by atoms with Crippen LogP contribution < -0.4 is 15.0 Å². The minimum Gasteiger partial charge on any atom is -0.496 e. The Balaban J connectivity index is 1.49. The number of hydrogen-bond donors (Lipinski definition) is 2. The third-order valence-corrected chi connectivity index (χ3v) is 6.38. The van der Waals surface area contributed by atoms with Crippen LogP contribution >= 0.6 is 0 Å². The molecule has 10 nitrogen and oxygen atoms in total. The monoisotopic (exact) mass is 448 g/mol. The van der Waals surface area contributed by atoms with Gasteiger partial charge in [0.15, 0.2) is 11.5 Å². The van der Waals surface area contributed by atoms with E-state index in [9.17, 15) is 5.11 Å². The first kappa shape index (κ1) is 21.2. The zero-order valence-corrected chi connectivity index (χ0v) is 19.3. The number of aliphatic hydroxyl groups excluding tert-OH is 1. The second-order valence-corrected chi connectivity index (χ2v) is 8.43. The molecule has 1 atom stereocenters. The first-order valence-electron chi connectivity index (χ1n) is 11.0. The molecular weight excluding hydrogens is 420 g/mol. The van der Waals surface area contributed by atoms with Gasteiger partial charge in [-0.1, -0.05) is 0 Å². The molecule has 0 spiro atoms.